The van der Waals surface area contributed by atoms with Crippen LogP contribution in [0.2, 0.25) is 0 Å². The Morgan fingerprint density at radius 1 is 1.13 bits per heavy atom. The van der Waals surface area contributed by atoms with Gasteiger partial charge in [0.25, 0.3) is 0 Å². The Hall–Kier alpha value is -3.18. The van der Waals surface area contributed by atoms with Crippen LogP contribution in [0.5, 0.6) is 0 Å². The number of aromatic nitrogens is 3. The Morgan fingerprint density at radius 2 is 1.92 bits per heavy atom. The van der Waals surface area contributed by atoms with Gasteiger partial charge < -0.3 is 10.3 Å². The summed E-state index contributed by atoms with van der Waals surface area (Å²) in [5.74, 6) is 2.39. The van der Waals surface area contributed by atoms with Gasteiger partial charge >= 0.3 is 6.18 Å². The number of aromatic amines is 1. The predicted octanol–water partition coefficient (Wildman–Crippen LogP) is 5.05. The van der Waals surface area contributed by atoms with Gasteiger partial charge in [0.1, 0.15) is 5.82 Å². The summed E-state index contributed by atoms with van der Waals surface area (Å²) in [6, 6.07) is 8.39. The van der Waals surface area contributed by atoms with Crippen molar-refractivity contribution >= 4 is 29.0 Å². The second-order valence-corrected chi connectivity index (χ2v) is 11.2. The number of imidazole rings is 1. The van der Waals surface area contributed by atoms with Crippen LogP contribution in [0, 0.1) is 12.8 Å². The highest BCUT2D eigenvalue weighted by Crippen LogP contribution is 2.33. The van der Waals surface area contributed by atoms with Crippen LogP contribution in [0.25, 0.3) is 11.0 Å². The van der Waals surface area contributed by atoms with Gasteiger partial charge in [-0.15, -0.1) is 0 Å². The van der Waals surface area contributed by atoms with E-state index in [9.17, 15) is 13.2 Å². The molecule has 39 heavy (non-hydrogen) atoms. The molecule has 2 aromatic heterocycles. The molecule has 2 atom stereocenters. The molecule has 0 radical (unpaired) electrons. The van der Waals surface area contributed by atoms with Gasteiger partial charge in [-0.25, -0.2) is 9.97 Å². The fourth-order valence-electron chi connectivity index (χ4n) is 5.67. The fourth-order valence-corrected chi connectivity index (χ4v) is 5.67. The van der Waals surface area contributed by atoms with Gasteiger partial charge in [-0.2, -0.15) is 18.3 Å². The maximum Gasteiger partial charge on any atom is 0.401 e. The molecule has 6 rings (SSSR count). The van der Waals surface area contributed by atoms with E-state index in [0.29, 0.717) is 37.9 Å². The lowest BCUT2D eigenvalue weighted by atomic mass is 9.98. The zero-order valence-corrected chi connectivity index (χ0v) is 22.4. The average Bonchev–Trinajstić information content (AvgIpc) is 3.41. The standard InChI is InChI=1S/C28H35F3N8/c1-18-11-22(23-14-33-39(16-23)15-20-3-4-20)12-24-26(18)36-27(34-24)35-25-13-21(5-6-32-25)19(2)38-9-7-37(8-10-38)17-28(29,30)31/h5-6,11-14,19-20,23H,3-4,7-10,15-17H2,1-2H3,(H2,32,34,35,36). The Bertz CT molecular complexity index is 1340. The predicted molar refractivity (Wildman–Crippen MR) is 146 cm³/mol. The van der Waals surface area contributed by atoms with Crippen LogP contribution in [0.15, 0.2) is 35.6 Å². The Kier molecular flexibility index (Phi) is 6.96. The number of hydrazone groups is 1. The molecule has 0 amide bonds. The third-order valence-electron chi connectivity index (χ3n) is 8.08. The molecule has 8 nitrogen and oxygen atoms in total. The summed E-state index contributed by atoms with van der Waals surface area (Å²) in [5.41, 5.74) is 5.31. The van der Waals surface area contributed by atoms with Crippen molar-refractivity contribution in [3.05, 3.63) is 47.2 Å². The van der Waals surface area contributed by atoms with Crippen molar-refractivity contribution < 1.29 is 13.2 Å². The molecule has 0 bridgehead atoms. The van der Waals surface area contributed by atoms with Gasteiger partial charge in [-0.3, -0.25) is 14.8 Å². The Morgan fingerprint density at radius 3 is 2.67 bits per heavy atom. The molecule has 2 fully saturated rings. The SMILES string of the molecule is Cc1cc(C2C=NN(CC3CC3)C2)cc2[nH]c(Nc3cc(C(C)N4CCN(CC(F)(F)F)CC4)ccn3)nc12. The molecule has 208 valence electrons. The van der Waals surface area contributed by atoms with Gasteiger partial charge in [0.05, 0.1) is 17.6 Å². The number of hydrogen-bond donors (Lipinski definition) is 2. The van der Waals surface area contributed by atoms with E-state index in [-0.39, 0.29) is 12.0 Å². The number of pyridine rings is 1. The summed E-state index contributed by atoms with van der Waals surface area (Å²) in [7, 11) is 0. The molecule has 1 saturated carbocycles. The van der Waals surface area contributed by atoms with Gasteiger partial charge in [0.2, 0.25) is 5.95 Å². The topological polar surface area (TPSA) is 75.7 Å². The maximum absolute atomic E-state index is 12.7. The van der Waals surface area contributed by atoms with Crippen LogP contribution in [0.4, 0.5) is 24.9 Å². The molecule has 1 aromatic carbocycles. The van der Waals surface area contributed by atoms with Crippen LogP contribution in [0.1, 0.15) is 48.4 Å². The minimum atomic E-state index is -4.16. The zero-order valence-electron chi connectivity index (χ0n) is 22.4. The van der Waals surface area contributed by atoms with Gasteiger partial charge in [-0.1, -0.05) is 6.07 Å². The maximum atomic E-state index is 12.7. The molecular formula is C28H35F3N8. The lowest BCUT2D eigenvalue weighted by Gasteiger charge is -2.38. The number of benzene rings is 1. The van der Waals surface area contributed by atoms with Crippen molar-refractivity contribution in [1.82, 2.24) is 29.8 Å². The molecular weight excluding hydrogens is 505 g/mol. The molecule has 2 aliphatic heterocycles. The number of piperazine rings is 1. The number of halogens is 3. The van der Waals surface area contributed by atoms with E-state index in [1.807, 2.05) is 12.1 Å². The fraction of sp³-hybridized carbons (Fsp3) is 0.536. The van der Waals surface area contributed by atoms with Crippen LogP contribution in [-0.4, -0.2) is 88.0 Å². The third-order valence-corrected chi connectivity index (χ3v) is 8.08. The van der Waals surface area contributed by atoms with E-state index in [1.54, 1.807) is 6.20 Å². The summed E-state index contributed by atoms with van der Waals surface area (Å²) >= 11 is 0. The number of nitrogens with zero attached hydrogens (tertiary/aromatic N) is 6. The molecule has 1 saturated heterocycles. The molecule has 4 heterocycles. The number of hydrogen-bond acceptors (Lipinski definition) is 7. The first-order valence-corrected chi connectivity index (χ1v) is 13.8. The smallest absolute Gasteiger partial charge is 0.324 e. The highest BCUT2D eigenvalue weighted by molar-refractivity contribution is 5.84. The summed E-state index contributed by atoms with van der Waals surface area (Å²) < 4.78 is 38.2. The van der Waals surface area contributed by atoms with E-state index in [0.717, 1.165) is 41.2 Å². The molecule has 11 heteroatoms. The average molecular weight is 541 g/mol. The van der Waals surface area contributed by atoms with Gasteiger partial charge in [0, 0.05) is 63.6 Å². The number of rotatable bonds is 8. The second kappa shape index (κ2) is 10.4. The zero-order chi connectivity index (χ0) is 27.1. The minimum Gasteiger partial charge on any atom is -0.324 e. The van der Waals surface area contributed by atoms with E-state index in [4.69, 9.17) is 4.98 Å². The molecule has 0 spiro atoms. The van der Waals surface area contributed by atoms with Crippen LogP contribution >= 0.6 is 0 Å². The van der Waals surface area contributed by atoms with Crippen molar-refractivity contribution in [1.29, 1.82) is 0 Å². The second-order valence-electron chi connectivity index (χ2n) is 11.2. The minimum absolute atomic E-state index is 0.0645. The van der Waals surface area contributed by atoms with Crippen molar-refractivity contribution in [2.24, 2.45) is 11.0 Å². The first-order valence-electron chi connectivity index (χ1n) is 13.8. The third kappa shape index (κ3) is 6.19. The molecule has 3 aliphatic rings. The van der Waals surface area contributed by atoms with Crippen molar-refractivity contribution in [2.75, 3.05) is 51.1 Å². The quantitative estimate of drug-likeness (QED) is 0.417. The monoisotopic (exact) mass is 540 g/mol. The lowest BCUT2D eigenvalue weighted by Crippen LogP contribution is -2.49. The first-order chi connectivity index (χ1) is 18.7. The van der Waals surface area contributed by atoms with Gasteiger partial charge in [-0.05, 0) is 67.5 Å². The summed E-state index contributed by atoms with van der Waals surface area (Å²) in [4.78, 5) is 16.4. The van der Waals surface area contributed by atoms with Crippen LogP contribution < -0.4 is 5.32 Å². The number of anilines is 2. The molecule has 2 unspecified atom stereocenters. The normalized spacial score (nSPS) is 21.7. The number of nitrogens with one attached hydrogen (secondary N) is 2. The van der Waals surface area contributed by atoms with Crippen molar-refractivity contribution in [3.8, 4) is 0 Å². The van der Waals surface area contributed by atoms with E-state index >= 15 is 0 Å². The van der Waals surface area contributed by atoms with E-state index in [2.05, 4.69) is 62.5 Å². The van der Waals surface area contributed by atoms with Crippen LogP contribution in [0.3, 0.4) is 0 Å². The Labute approximate surface area is 226 Å². The highest BCUT2D eigenvalue weighted by Gasteiger charge is 2.33. The summed E-state index contributed by atoms with van der Waals surface area (Å²) in [6.45, 7) is 7.32. The van der Waals surface area contributed by atoms with Crippen molar-refractivity contribution in [2.45, 2.75) is 44.8 Å². The summed E-state index contributed by atoms with van der Waals surface area (Å²) in [6.07, 6.45) is 2.31. The molecule has 2 N–H and O–H groups in total. The number of H-pyrrole nitrogens is 1. The van der Waals surface area contributed by atoms with E-state index < -0.39 is 12.7 Å². The Balaban J connectivity index is 1.11. The lowest BCUT2D eigenvalue weighted by molar-refractivity contribution is -0.149. The van der Waals surface area contributed by atoms with Gasteiger partial charge in [0.15, 0.2) is 0 Å². The van der Waals surface area contributed by atoms with Crippen molar-refractivity contribution in [3.63, 3.8) is 0 Å². The molecule has 1 aliphatic carbocycles. The van der Waals surface area contributed by atoms with E-state index in [1.165, 1.54) is 23.3 Å². The van der Waals surface area contributed by atoms with Crippen LogP contribution in [-0.2, 0) is 0 Å². The number of alkyl halides is 3. The summed E-state index contributed by atoms with van der Waals surface area (Å²) in [5, 5.41) is 10.1. The number of fused-ring (bicyclic) bond motifs is 1. The first kappa shape index (κ1) is 26.1. The highest BCUT2D eigenvalue weighted by atomic mass is 19.4. The largest absolute Gasteiger partial charge is 0.401 e. The number of aryl methyl sites for hydroxylation is 1. The molecule has 3 aromatic rings.